The quantitative estimate of drug-likeness (QED) is 0.674. The predicted molar refractivity (Wildman–Crippen MR) is 69.9 cm³/mol. The summed E-state index contributed by atoms with van der Waals surface area (Å²) in [7, 11) is 0.772. The van der Waals surface area contributed by atoms with Crippen molar-refractivity contribution >= 4 is 19.2 Å². The first-order chi connectivity index (χ1) is 7.27. The van der Waals surface area contributed by atoms with E-state index in [1.807, 2.05) is 0 Å². The molecule has 2 aromatic rings. The highest BCUT2D eigenvalue weighted by Crippen LogP contribution is 2.15. The van der Waals surface area contributed by atoms with Gasteiger partial charge in [-0.3, -0.25) is 0 Å². The van der Waals surface area contributed by atoms with E-state index in [0.29, 0.717) is 0 Å². The highest BCUT2D eigenvalue weighted by Gasteiger charge is 2.01. The fourth-order valence-corrected chi connectivity index (χ4v) is 2.80. The van der Waals surface area contributed by atoms with Crippen LogP contribution in [-0.4, -0.2) is 0 Å². The molecule has 0 radical (unpaired) electrons. The molecular formula is C14H15P. The maximum atomic E-state index is 2.23. The van der Waals surface area contributed by atoms with Gasteiger partial charge in [-0.25, -0.2) is 0 Å². The van der Waals surface area contributed by atoms with Crippen LogP contribution in [0.25, 0.3) is 0 Å². The summed E-state index contributed by atoms with van der Waals surface area (Å²) >= 11 is 0. The molecule has 1 unspecified atom stereocenters. The van der Waals surface area contributed by atoms with E-state index in [9.17, 15) is 0 Å². The van der Waals surface area contributed by atoms with Crippen LogP contribution in [0.15, 0.2) is 48.5 Å². The monoisotopic (exact) mass is 214 g/mol. The molecule has 0 bridgehead atoms. The Balaban J connectivity index is 2.29. The van der Waals surface area contributed by atoms with Gasteiger partial charge in [-0.2, -0.15) is 0 Å². The second-order valence-corrected chi connectivity index (χ2v) is 5.10. The minimum Gasteiger partial charge on any atom is -0.0622 e. The second kappa shape index (κ2) is 4.59. The SMILES string of the molecule is Cc1cccc(Pc2ccccc2)c1C. The van der Waals surface area contributed by atoms with Crippen molar-refractivity contribution in [2.75, 3.05) is 0 Å². The van der Waals surface area contributed by atoms with Gasteiger partial charge >= 0.3 is 0 Å². The Morgan fingerprint density at radius 1 is 0.800 bits per heavy atom. The molecule has 0 aromatic heterocycles. The van der Waals surface area contributed by atoms with Gasteiger partial charge in [0.25, 0.3) is 0 Å². The molecule has 0 saturated carbocycles. The zero-order chi connectivity index (χ0) is 10.7. The van der Waals surface area contributed by atoms with E-state index in [1.54, 1.807) is 0 Å². The molecule has 0 nitrogen and oxygen atoms in total. The first-order valence-electron chi connectivity index (χ1n) is 5.15. The molecule has 0 aliphatic rings. The summed E-state index contributed by atoms with van der Waals surface area (Å²) in [6.07, 6.45) is 0. The minimum absolute atomic E-state index is 0.772. The Hall–Kier alpha value is -1.13. The fraction of sp³-hybridized carbons (Fsp3) is 0.143. The van der Waals surface area contributed by atoms with Crippen molar-refractivity contribution in [2.45, 2.75) is 13.8 Å². The van der Waals surface area contributed by atoms with E-state index in [4.69, 9.17) is 0 Å². The summed E-state index contributed by atoms with van der Waals surface area (Å²) in [5.74, 6) is 0. The molecule has 15 heavy (non-hydrogen) atoms. The summed E-state index contributed by atoms with van der Waals surface area (Å²) in [6.45, 7) is 4.38. The molecular weight excluding hydrogens is 199 g/mol. The van der Waals surface area contributed by atoms with Gasteiger partial charge < -0.3 is 0 Å². The Kier molecular flexibility index (Phi) is 3.18. The standard InChI is InChI=1S/C14H15P/c1-11-7-6-10-14(12(11)2)15-13-8-4-3-5-9-13/h3-10,15H,1-2H3. The number of benzene rings is 2. The van der Waals surface area contributed by atoms with Gasteiger partial charge in [-0.15, -0.1) is 0 Å². The summed E-state index contributed by atoms with van der Waals surface area (Å²) < 4.78 is 0. The normalized spacial score (nSPS) is 11.1. The Bertz CT molecular complexity index is 446. The zero-order valence-electron chi connectivity index (χ0n) is 9.12. The van der Waals surface area contributed by atoms with Crippen LogP contribution < -0.4 is 10.6 Å². The van der Waals surface area contributed by atoms with Crippen molar-refractivity contribution < 1.29 is 0 Å². The maximum absolute atomic E-state index is 2.23. The van der Waals surface area contributed by atoms with Crippen molar-refractivity contribution in [3.05, 3.63) is 59.7 Å². The van der Waals surface area contributed by atoms with Crippen LogP contribution in [0.3, 0.4) is 0 Å². The Labute approximate surface area is 93.1 Å². The summed E-state index contributed by atoms with van der Waals surface area (Å²) in [5, 5.41) is 2.87. The average molecular weight is 214 g/mol. The molecule has 0 amide bonds. The molecule has 0 N–H and O–H groups in total. The third kappa shape index (κ3) is 2.46. The summed E-state index contributed by atoms with van der Waals surface area (Å²) in [6, 6.07) is 17.2. The van der Waals surface area contributed by atoms with E-state index in [-0.39, 0.29) is 0 Å². The molecule has 0 aliphatic heterocycles. The molecule has 76 valence electrons. The van der Waals surface area contributed by atoms with Crippen LogP contribution >= 0.6 is 8.58 Å². The Morgan fingerprint density at radius 3 is 2.27 bits per heavy atom. The van der Waals surface area contributed by atoms with Gasteiger partial charge in [0.1, 0.15) is 0 Å². The van der Waals surface area contributed by atoms with Gasteiger partial charge in [0.2, 0.25) is 0 Å². The molecule has 0 fully saturated rings. The van der Waals surface area contributed by atoms with Crippen molar-refractivity contribution in [3.63, 3.8) is 0 Å². The lowest BCUT2D eigenvalue weighted by atomic mass is 10.1. The van der Waals surface area contributed by atoms with Crippen LogP contribution in [0.5, 0.6) is 0 Å². The maximum Gasteiger partial charge on any atom is -0.0194 e. The van der Waals surface area contributed by atoms with E-state index in [0.717, 1.165) is 8.58 Å². The van der Waals surface area contributed by atoms with Crippen LogP contribution in [0, 0.1) is 13.8 Å². The van der Waals surface area contributed by atoms with Crippen molar-refractivity contribution in [1.29, 1.82) is 0 Å². The first kappa shape index (κ1) is 10.4. The van der Waals surface area contributed by atoms with Gasteiger partial charge in [0.05, 0.1) is 0 Å². The Morgan fingerprint density at radius 2 is 1.53 bits per heavy atom. The van der Waals surface area contributed by atoms with Crippen LogP contribution in [0.1, 0.15) is 11.1 Å². The third-order valence-corrected chi connectivity index (χ3v) is 4.09. The topological polar surface area (TPSA) is 0 Å². The van der Waals surface area contributed by atoms with Crippen LogP contribution in [0.2, 0.25) is 0 Å². The van der Waals surface area contributed by atoms with Crippen LogP contribution in [0.4, 0.5) is 0 Å². The van der Waals surface area contributed by atoms with Gasteiger partial charge in [0.15, 0.2) is 0 Å². The smallest absolute Gasteiger partial charge is 0.0194 e. The molecule has 1 atom stereocenters. The molecule has 0 spiro atoms. The van der Waals surface area contributed by atoms with Crippen molar-refractivity contribution in [3.8, 4) is 0 Å². The molecule has 1 heteroatoms. The zero-order valence-corrected chi connectivity index (χ0v) is 10.1. The van der Waals surface area contributed by atoms with E-state index in [1.165, 1.54) is 21.7 Å². The van der Waals surface area contributed by atoms with Crippen molar-refractivity contribution in [1.82, 2.24) is 0 Å². The molecule has 2 rings (SSSR count). The third-order valence-electron chi connectivity index (χ3n) is 2.66. The fourth-order valence-electron chi connectivity index (χ4n) is 1.56. The predicted octanol–water partition coefficient (Wildman–Crippen LogP) is 2.93. The number of hydrogen-bond acceptors (Lipinski definition) is 0. The summed E-state index contributed by atoms with van der Waals surface area (Å²) in [4.78, 5) is 0. The molecule has 2 aromatic carbocycles. The molecule has 0 aliphatic carbocycles. The average Bonchev–Trinajstić information content (AvgIpc) is 2.26. The lowest BCUT2D eigenvalue weighted by Crippen LogP contribution is -2.07. The van der Waals surface area contributed by atoms with Gasteiger partial charge in [-0.1, -0.05) is 57.1 Å². The number of hydrogen-bond donors (Lipinski definition) is 0. The van der Waals surface area contributed by atoms with Gasteiger partial charge in [0, 0.05) is 0 Å². The first-order valence-corrected chi connectivity index (χ1v) is 6.15. The highest BCUT2D eigenvalue weighted by molar-refractivity contribution is 7.55. The van der Waals surface area contributed by atoms with Crippen LogP contribution in [-0.2, 0) is 0 Å². The molecule has 0 heterocycles. The van der Waals surface area contributed by atoms with E-state index >= 15 is 0 Å². The van der Waals surface area contributed by atoms with E-state index in [2.05, 4.69) is 62.4 Å². The highest BCUT2D eigenvalue weighted by atomic mass is 31.1. The molecule has 0 saturated heterocycles. The second-order valence-electron chi connectivity index (χ2n) is 3.74. The van der Waals surface area contributed by atoms with Gasteiger partial charge in [-0.05, 0) is 35.6 Å². The minimum atomic E-state index is 0.772. The van der Waals surface area contributed by atoms with E-state index < -0.39 is 0 Å². The summed E-state index contributed by atoms with van der Waals surface area (Å²) in [5.41, 5.74) is 2.82. The largest absolute Gasteiger partial charge is 0.0622 e. The lowest BCUT2D eigenvalue weighted by molar-refractivity contribution is 1.37. The van der Waals surface area contributed by atoms with Crippen molar-refractivity contribution in [2.24, 2.45) is 0 Å². The number of aryl methyl sites for hydroxylation is 1. The lowest BCUT2D eigenvalue weighted by Gasteiger charge is -2.08. The number of rotatable bonds is 2.